The number of fused-ring (bicyclic) bond motifs is 1. The summed E-state index contributed by atoms with van der Waals surface area (Å²) in [5, 5.41) is 13.1. The summed E-state index contributed by atoms with van der Waals surface area (Å²) in [6.07, 6.45) is 1.04. The lowest BCUT2D eigenvalue weighted by Crippen LogP contribution is -2.84. The van der Waals surface area contributed by atoms with Gasteiger partial charge in [-0.2, -0.15) is 0 Å². The molecule has 3 rings (SSSR count). The lowest BCUT2D eigenvalue weighted by Gasteiger charge is -2.20. The summed E-state index contributed by atoms with van der Waals surface area (Å²) in [4.78, 5) is 12.0. The minimum atomic E-state index is -0.381. The largest absolute Gasteiger partial charge is 0.508 e. The summed E-state index contributed by atoms with van der Waals surface area (Å²) in [6, 6.07) is 14.1. The Hall–Kier alpha value is -2.59. The first-order valence-corrected chi connectivity index (χ1v) is 9.58. The lowest BCUT2D eigenvalue weighted by atomic mass is 9.94. The van der Waals surface area contributed by atoms with Crippen molar-refractivity contribution in [3.63, 3.8) is 0 Å². The minimum absolute atomic E-state index is 0.142. The molecule has 1 atom stereocenters. The third-order valence-corrected chi connectivity index (χ3v) is 5.30. The van der Waals surface area contributed by atoms with Crippen LogP contribution in [0.4, 0.5) is 0 Å². The van der Waals surface area contributed by atoms with Crippen molar-refractivity contribution in [2.45, 2.75) is 46.7 Å². The molecule has 3 N–H and O–H groups in total. The molecule has 4 nitrogen and oxygen atoms in total. The van der Waals surface area contributed by atoms with E-state index in [0.717, 1.165) is 17.4 Å². The van der Waals surface area contributed by atoms with Gasteiger partial charge in [0, 0.05) is 34.1 Å². The molecule has 0 radical (unpaired) electrons. The molecule has 0 fully saturated rings. The van der Waals surface area contributed by atoms with Gasteiger partial charge in [-0.1, -0.05) is 45.0 Å². The third kappa shape index (κ3) is 4.06. The Morgan fingerprint density at radius 1 is 1.11 bits per heavy atom. The normalized spacial score (nSPS) is 12.6. The van der Waals surface area contributed by atoms with Gasteiger partial charge >= 0.3 is 5.63 Å². The molecule has 0 unspecified atom stereocenters. The average molecular weight is 366 g/mol. The number of rotatable bonds is 6. The zero-order chi connectivity index (χ0) is 19.6. The minimum Gasteiger partial charge on any atom is -0.508 e. The maximum atomic E-state index is 12.0. The number of benzene rings is 2. The van der Waals surface area contributed by atoms with Crippen molar-refractivity contribution in [2.24, 2.45) is 5.92 Å². The van der Waals surface area contributed by atoms with Crippen molar-refractivity contribution in [3.05, 3.63) is 75.1 Å². The van der Waals surface area contributed by atoms with Crippen LogP contribution in [0.2, 0.25) is 0 Å². The number of phenolic OH excluding ortho intramolecular Hbond substituents is 1. The highest BCUT2D eigenvalue weighted by atomic mass is 16.4. The highest BCUT2D eigenvalue weighted by Crippen LogP contribution is 2.27. The van der Waals surface area contributed by atoms with E-state index in [0.29, 0.717) is 29.7 Å². The molecule has 4 heteroatoms. The molecular formula is C23H28NO3+. The van der Waals surface area contributed by atoms with E-state index in [1.165, 1.54) is 11.1 Å². The fourth-order valence-corrected chi connectivity index (χ4v) is 3.61. The summed E-state index contributed by atoms with van der Waals surface area (Å²) in [5.74, 6) is 0.595. The number of aromatic hydroxyl groups is 1. The van der Waals surface area contributed by atoms with Crippen LogP contribution in [0.5, 0.6) is 5.75 Å². The van der Waals surface area contributed by atoms with E-state index in [-0.39, 0.29) is 11.4 Å². The van der Waals surface area contributed by atoms with Crippen molar-refractivity contribution in [1.82, 2.24) is 0 Å². The predicted molar refractivity (Wildman–Crippen MR) is 108 cm³/mol. The van der Waals surface area contributed by atoms with E-state index in [1.807, 2.05) is 6.07 Å². The van der Waals surface area contributed by atoms with Crippen LogP contribution in [0.3, 0.4) is 0 Å². The number of hydrogen-bond acceptors (Lipinski definition) is 3. The van der Waals surface area contributed by atoms with Crippen molar-refractivity contribution < 1.29 is 14.8 Å². The van der Waals surface area contributed by atoms with E-state index >= 15 is 0 Å². The Morgan fingerprint density at radius 3 is 2.44 bits per heavy atom. The van der Waals surface area contributed by atoms with Crippen molar-refractivity contribution in [3.8, 4) is 5.75 Å². The maximum Gasteiger partial charge on any atom is 0.336 e. The molecule has 1 heterocycles. The molecular weight excluding hydrogens is 338 g/mol. The number of phenols is 1. The van der Waals surface area contributed by atoms with E-state index in [1.54, 1.807) is 19.1 Å². The Labute approximate surface area is 159 Å². The Kier molecular flexibility index (Phi) is 5.66. The van der Waals surface area contributed by atoms with Gasteiger partial charge in [-0.15, -0.1) is 0 Å². The Bertz CT molecular complexity index is 987. The molecule has 0 saturated heterocycles. The Balaban J connectivity index is 1.91. The highest BCUT2D eigenvalue weighted by Gasteiger charge is 2.20. The SMILES string of the molecule is CCc1ccc([C@@H]([NH2+]Cc2cc(=O)oc3c(C)c(O)ccc23)C(C)C)cc1. The summed E-state index contributed by atoms with van der Waals surface area (Å²) in [6.45, 7) is 9.03. The highest BCUT2D eigenvalue weighted by molar-refractivity contribution is 5.84. The van der Waals surface area contributed by atoms with Crippen molar-refractivity contribution in [2.75, 3.05) is 0 Å². The molecule has 0 aliphatic heterocycles. The van der Waals surface area contributed by atoms with Gasteiger partial charge in [0.1, 0.15) is 23.9 Å². The van der Waals surface area contributed by atoms with E-state index in [4.69, 9.17) is 4.42 Å². The molecule has 0 aliphatic rings. The molecule has 0 spiro atoms. The standard InChI is InChI=1S/C23H27NO3/c1-5-16-6-8-17(9-7-16)22(14(2)3)24-13-18-12-21(26)27-23-15(4)20(25)11-10-19(18)23/h6-12,14,22,24-25H,5,13H2,1-4H3/p+1/t22-/m0/s1. The van der Waals surface area contributed by atoms with Crippen LogP contribution in [-0.4, -0.2) is 5.11 Å². The molecule has 2 aromatic carbocycles. The molecule has 0 aliphatic carbocycles. The summed E-state index contributed by atoms with van der Waals surface area (Å²) in [7, 11) is 0. The van der Waals surface area contributed by atoms with Crippen LogP contribution in [-0.2, 0) is 13.0 Å². The van der Waals surface area contributed by atoms with Gasteiger partial charge in [-0.3, -0.25) is 0 Å². The summed E-state index contributed by atoms with van der Waals surface area (Å²) in [5.41, 5.74) is 4.25. The average Bonchev–Trinajstić information content (AvgIpc) is 2.65. The van der Waals surface area contributed by atoms with Crippen LogP contribution < -0.4 is 10.9 Å². The number of hydrogen-bond donors (Lipinski definition) is 2. The predicted octanol–water partition coefficient (Wildman–Crippen LogP) is 3.83. The van der Waals surface area contributed by atoms with E-state index in [2.05, 4.69) is 50.4 Å². The first-order chi connectivity index (χ1) is 12.9. The molecule has 142 valence electrons. The maximum absolute atomic E-state index is 12.0. The van der Waals surface area contributed by atoms with Gasteiger partial charge in [0.25, 0.3) is 0 Å². The van der Waals surface area contributed by atoms with Crippen LogP contribution in [0.15, 0.2) is 51.7 Å². The molecule has 0 amide bonds. The number of aryl methyl sites for hydroxylation is 2. The fourth-order valence-electron chi connectivity index (χ4n) is 3.61. The van der Waals surface area contributed by atoms with Crippen LogP contribution in [0.25, 0.3) is 11.0 Å². The second-order valence-electron chi connectivity index (χ2n) is 7.48. The quantitative estimate of drug-likeness (QED) is 0.652. The monoisotopic (exact) mass is 366 g/mol. The van der Waals surface area contributed by atoms with Gasteiger partial charge in [0.05, 0.1) is 0 Å². The zero-order valence-corrected chi connectivity index (χ0v) is 16.5. The van der Waals surface area contributed by atoms with Crippen LogP contribution >= 0.6 is 0 Å². The first-order valence-electron chi connectivity index (χ1n) is 9.58. The second-order valence-corrected chi connectivity index (χ2v) is 7.48. The molecule has 0 saturated carbocycles. The van der Waals surface area contributed by atoms with Gasteiger partial charge < -0.3 is 14.8 Å². The van der Waals surface area contributed by atoms with Gasteiger partial charge in [0.15, 0.2) is 0 Å². The molecule has 1 aromatic heterocycles. The molecule has 3 aromatic rings. The topological polar surface area (TPSA) is 67.0 Å². The van der Waals surface area contributed by atoms with Gasteiger partial charge in [-0.05, 0) is 31.0 Å². The number of nitrogens with two attached hydrogens (primary N) is 1. The van der Waals surface area contributed by atoms with Crippen molar-refractivity contribution in [1.29, 1.82) is 0 Å². The second kappa shape index (κ2) is 7.97. The number of quaternary nitrogens is 1. The first kappa shape index (κ1) is 19.2. The van der Waals surface area contributed by atoms with E-state index < -0.39 is 0 Å². The van der Waals surface area contributed by atoms with Crippen LogP contribution in [0.1, 0.15) is 49.1 Å². The van der Waals surface area contributed by atoms with Gasteiger partial charge in [0.2, 0.25) is 0 Å². The summed E-state index contributed by atoms with van der Waals surface area (Å²) < 4.78 is 5.35. The van der Waals surface area contributed by atoms with Crippen LogP contribution in [0, 0.1) is 12.8 Å². The molecule has 27 heavy (non-hydrogen) atoms. The van der Waals surface area contributed by atoms with E-state index in [9.17, 15) is 9.90 Å². The molecule has 0 bridgehead atoms. The summed E-state index contributed by atoms with van der Waals surface area (Å²) >= 11 is 0. The Morgan fingerprint density at radius 2 is 1.81 bits per heavy atom. The lowest BCUT2D eigenvalue weighted by molar-refractivity contribution is -0.716. The fraction of sp³-hybridized carbons (Fsp3) is 0.348. The third-order valence-electron chi connectivity index (χ3n) is 5.30. The smallest absolute Gasteiger partial charge is 0.336 e. The van der Waals surface area contributed by atoms with Gasteiger partial charge in [-0.25, -0.2) is 4.79 Å². The zero-order valence-electron chi connectivity index (χ0n) is 16.5. The van der Waals surface area contributed by atoms with Crippen molar-refractivity contribution >= 4 is 11.0 Å².